The van der Waals surface area contributed by atoms with Gasteiger partial charge in [0.15, 0.2) is 5.82 Å². The van der Waals surface area contributed by atoms with E-state index in [-0.39, 0.29) is 12.5 Å². The molecule has 1 amide bonds. The van der Waals surface area contributed by atoms with Crippen LogP contribution in [0, 0.1) is 0 Å². The Morgan fingerprint density at radius 2 is 2.07 bits per heavy atom. The normalized spacial score (nSPS) is 13.5. The number of aromatic nitrogens is 5. The second-order valence-electron chi connectivity index (χ2n) is 6.36. The third-order valence-electron chi connectivity index (χ3n) is 4.77. The first kappa shape index (κ1) is 17.3. The molecule has 4 heterocycles. The highest BCUT2D eigenvalue weighted by molar-refractivity contribution is 5.93. The van der Waals surface area contributed by atoms with Gasteiger partial charge in [0.25, 0.3) is 5.91 Å². The number of carbonyl (C=O) groups excluding carboxylic acids is 1. The first-order valence-corrected chi connectivity index (χ1v) is 8.91. The lowest BCUT2D eigenvalue weighted by atomic mass is 10.0. The molecular weight excluding hydrogens is 344 g/mol. The number of aryl methyl sites for hydroxylation is 1. The molecule has 3 aromatic heterocycles. The van der Waals surface area contributed by atoms with Crippen LogP contribution in [0.5, 0.6) is 0 Å². The zero-order chi connectivity index (χ0) is 18.8. The first-order valence-electron chi connectivity index (χ1n) is 8.91. The van der Waals surface area contributed by atoms with Crippen molar-refractivity contribution in [3.05, 3.63) is 59.4 Å². The van der Waals surface area contributed by atoms with Crippen molar-refractivity contribution in [3.63, 3.8) is 0 Å². The second-order valence-corrected chi connectivity index (χ2v) is 6.36. The number of carbonyl (C=O) groups is 1. The van der Waals surface area contributed by atoms with Crippen molar-refractivity contribution in [2.45, 2.75) is 33.0 Å². The molecule has 8 nitrogen and oxygen atoms in total. The summed E-state index contributed by atoms with van der Waals surface area (Å²) in [5.74, 6) is 0.416. The largest absolute Gasteiger partial charge is 0.390 e. The lowest BCUT2D eigenvalue weighted by Crippen LogP contribution is -2.36. The van der Waals surface area contributed by atoms with E-state index in [0.29, 0.717) is 30.2 Å². The highest BCUT2D eigenvalue weighted by atomic mass is 16.3. The Morgan fingerprint density at radius 1 is 1.26 bits per heavy atom. The van der Waals surface area contributed by atoms with Crippen LogP contribution in [0.2, 0.25) is 0 Å². The molecule has 0 aromatic carbocycles. The maximum Gasteiger partial charge on any atom is 0.257 e. The van der Waals surface area contributed by atoms with E-state index < -0.39 is 0 Å². The molecule has 27 heavy (non-hydrogen) atoms. The van der Waals surface area contributed by atoms with Gasteiger partial charge in [0.05, 0.1) is 17.9 Å². The first-order chi connectivity index (χ1) is 13.2. The minimum Gasteiger partial charge on any atom is -0.390 e. The number of fused-ring (bicyclic) bond motifs is 1. The molecule has 4 rings (SSSR count). The number of pyridine rings is 1. The van der Waals surface area contributed by atoms with E-state index in [4.69, 9.17) is 0 Å². The van der Waals surface area contributed by atoms with E-state index in [2.05, 4.69) is 20.1 Å². The summed E-state index contributed by atoms with van der Waals surface area (Å²) in [6, 6.07) is 3.69. The van der Waals surface area contributed by atoms with Gasteiger partial charge in [0, 0.05) is 67.7 Å². The average molecular weight is 364 g/mol. The lowest BCUT2D eigenvalue weighted by molar-refractivity contribution is 0.0731. The van der Waals surface area contributed by atoms with Gasteiger partial charge in [0.1, 0.15) is 0 Å². The van der Waals surface area contributed by atoms with Crippen LogP contribution in [0.1, 0.15) is 34.2 Å². The zero-order valence-corrected chi connectivity index (χ0v) is 15.0. The van der Waals surface area contributed by atoms with Gasteiger partial charge in [-0.3, -0.25) is 14.5 Å². The Balaban J connectivity index is 1.55. The van der Waals surface area contributed by atoms with Gasteiger partial charge in [-0.1, -0.05) is 0 Å². The monoisotopic (exact) mass is 364 g/mol. The summed E-state index contributed by atoms with van der Waals surface area (Å²) in [6.07, 6.45) is 7.19. The Hall–Kier alpha value is -3.13. The quantitative estimate of drug-likeness (QED) is 0.752. The molecular formula is C19H20N6O2. The zero-order valence-electron chi connectivity index (χ0n) is 15.0. The van der Waals surface area contributed by atoms with Crippen LogP contribution in [0.3, 0.4) is 0 Å². The molecule has 1 aliphatic rings. The van der Waals surface area contributed by atoms with Gasteiger partial charge in [-0.2, -0.15) is 5.10 Å². The summed E-state index contributed by atoms with van der Waals surface area (Å²) < 4.78 is 1.91. The number of nitrogens with zero attached hydrogens (tertiary/aromatic N) is 6. The van der Waals surface area contributed by atoms with Crippen molar-refractivity contribution >= 4 is 5.91 Å². The topological polar surface area (TPSA) is 97.0 Å². The fourth-order valence-corrected chi connectivity index (χ4v) is 3.39. The van der Waals surface area contributed by atoms with E-state index in [1.165, 1.54) is 0 Å². The van der Waals surface area contributed by atoms with Crippen molar-refractivity contribution in [1.82, 2.24) is 29.6 Å². The number of aliphatic hydroxyl groups is 1. The molecule has 0 fully saturated rings. The molecule has 0 unspecified atom stereocenters. The van der Waals surface area contributed by atoms with E-state index in [9.17, 15) is 9.90 Å². The Morgan fingerprint density at radius 3 is 2.74 bits per heavy atom. The molecule has 138 valence electrons. The minimum atomic E-state index is -0.125. The Kier molecular flexibility index (Phi) is 4.64. The van der Waals surface area contributed by atoms with Crippen molar-refractivity contribution in [3.8, 4) is 11.4 Å². The van der Waals surface area contributed by atoms with Gasteiger partial charge in [-0.25, -0.2) is 9.97 Å². The van der Waals surface area contributed by atoms with Gasteiger partial charge in [0.2, 0.25) is 0 Å². The van der Waals surface area contributed by atoms with Crippen LogP contribution in [0.4, 0.5) is 0 Å². The van der Waals surface area contributed by atoms with E-state index in [1.807, 2.05) is 23.7 Å². The summed E-state index contributed by atoms with van der Waals surface area (Å²) >= 11 is 0. The molecule has 0 aliphatic carbocycles. The van der Waals surface area contributed by atoms with Crippen molar-refractivity contribution < 1.29 is 9.90 Å². The summed E-state index contributed by atoms with van der Waals surface area (Å²) in [7, 11) is 0. The fraction of sp³-hybridized carbons (Fsp3) is 0.316. The molecule has 3 aromatic rings. The molecule has 0 radical (unpaired) electrons. The van der Waals surface area contributed by atoms with Gasteiger partial charge in [-0.15, -0.1) is 0 Å². The summed E-state index contributed by atoms with van der Waals surface area (Å²) in [6.45, 7) is 3.69. The van der Waals surface area contributed by atoms with Crippen LogP contribution >= 0.6 is 0 Å². The fourth-order valence-electron chi connectivity index (χ4n) is 3.39. The molecule has 1 aliphatic heterocycles. The maximum absolute atomic E-state index is 12.9. The Labute approximate surface area is 156 Å². The van der Waals surface area contributed by atoms with Gasteiger partial charge >= 0.3 is 0 Å². The highest BCUT2D eigenvalue weighted by Crippen LogP contribution is 2.24. The maximum atomic E-state index is 12.9. The van der Waals surface area contributed by atoms with Crippen LogP contribution in [-0.4, -0.2) is 47.2 Å². The average Bonchev–Trinajstić information content (AvgIpc) is 3.11. The summed E-state index contributed by atoms with van der Waals surface area (Å²) in [4.78, 5) is 27.3. The number of rotatable bonds is 4. The molecule has 0 saturated heterocycles. The van der Waals surface area contributed by atoms with Crippen LogP contribution < -0.4 is 0 Å². The van der Waals surface area contributed by atoms with Crippen LogP contribution in [0.15, 0.2) is 36.9 Å². The lowest BCUT2D eigenvalue weighted by Gasteiger charge is -2.27. The van der Waals surface area contributed by atoms with Crippen molar-refractivity contribution in [2.24, 2.45) is 0 Å². The number of hydrogen-bond acceptors (Lipinski definition) is 6. The van der Waals surface area contributed by atoms with Crippen LogP contribution in [0.25, 0.3) is 11.4 Å². The van der Waals surface area contributed by atoms with Gasteiger partial charge in [-0.05, 0) is 19.1 Å². The van der Waals surface area contributed by atoms with E-state index in [1.54, 1.807) is 29.7 Å². The molecule has 8 heteroatoms. The van der Waals surface area contributed by atoms with Crippen molar-refractivity contribution in [1.29, 1.82) is 0 Å². The van der Waals surface area contributed by atoms with E-state index >= 15 is 0 Å². The number of aliphatic hydroxyl groups excluding tert-OH is 1. The second kappa shape index (κ2) is 7.24. The standard InChI is InChI=1S/C19H20N6O2/c1-2-25-17-5-7-24(11-15(17)16(12-26)23-25)19(27)14-9-21-18(22-10-14)13-4-3-6-20-8-13/h3-4,6,8-10,26H,2,5,7,11-12H2,1H3. The SMILES string of the molecule is CCn1nc(CO)c2c1CCN(C(=O)c1cnc(-c3cccnc3)nc1)C2. The number of amides is 1. The summed E-state index contributed by atoms with van der Waals surface area (Å²) in [5.41, 5.74) is 3.95. The summed E-state index contributed by atoms with van der Waals surface area (Å²) in [5, 5.41) is 14.0. The molecule has 0 atom stereocenters. The molecule has 0 saturated carbocycles. The van der Waals surface area contributed by atoms with Gasteiger partial charge < -0.3 is 10.0 Å². The third-order valence-corrected chi connectivity index (χ3v) is 4.77. The third kappa shape index (κ3) is 3.19. The van der Waals surface area contributed by atoms with Crippen molar-refractivity contribution in [2.75, 3.05) is 6.54 Å². The molecule has 1 N–H and O–H groups in total. The predicted octanol–water partition coefficient (Wildman–Crippen LogP) is 1.45. The molecule has 0 spiro atoms. The van der Waals surface area contributed by atoms with Crippen LogP contribution in [-0.2, 0) is 26.1 Å². The minimum absolute atomic E-state index is 0.119. The Bertz CT molecular complexity index is 952. The smallest absolute Gasteiger partial charge is 0.257 e. The number of hydrogen-bond donors (Lipinski definition) is 1. The highest BCUT2D eigenvalue weighted by Gasteiger charge is 2.27. The molecule has 0 bridgehead atoms. The van der Waals surface area contributed by atoms with E-state index in [0.717, 1.165) is 29.8 Å². The predicted molar refractivity (Wildman–Crippen MR) is 97.5 cm³/mol.